The summed E-state index contributed by atoms with van der Waals surface area (Å²) in [5.74, 6) is 0. The first-order chi connectivity index (χ1) is 62.2. The van der Waals surface area contributed by atoms with Crippen LogP contribution in [0.2, 0.25) is 0 Å². The quantitative estimate of drug-likeness (QED) is 0.119. The van der Waals surface area contributed by atoms with Crippen LogP contribution in [0.25, 0.3) is 150 Å². The lowest BCUT2D eigenvalue weighted by Crippen LogP contribution is -2.60. The zero-order valence-electron chi connectivity index (χ0n) is 75.0. The van der Waals surface area contributed by atoms with Crippen LogP contribution < -0.4 is 21.3 Å². The lowest BCUT2D eigenvalue weighted by Gasteiger charge is -2.43. The summed E-state index contributed by atoms with van der Waals surface area (Å²) in [5, 5.41) is 0.270. The van der Waals surface area contributed by atoms with Crippen molar-refractivity contribution in [3.8, 4) is 128 Å². The molecule has 18 aromatic carbocycles. The van der Waals surface area contributed by atoms with Crippen molar-refractivity contribution in [3.05, 3.63) is 440 Å². The van der Waals surface area contributed by atoms with Crippen LogP contribution in [-0.2, 0) is 16.2 Å². The summed E-state index contributed by atoms with van der Waals surface area (Å²) in [5.41, 5.74) is 35.1. The monoisotopic (exact) mass is 1570 g/mol. The first-order valence-electron chi connectivity index (χ1n) is 45.5. The molecule has 572 valence electrons. The van der Waals surface area contributed by atoms with Gasteiger partial charge >= 0.3 is 0 Å². The van der Waals surface area contributed by atoms with Crippen LogP contribution in [0.5, 0.6) is 0 Å². The topological polar surface area (TPSA) is 8.17 Å². The lowest BCUT2D eigenvalue weighted by atomic mass is 9.34. The highest BCUT2D eigenvalue weighted by molar-refractivity contribution is 8.00. The van der Waals surface area contributed by atoms with Crippen molar-refractivity contribution in [1.29, 1.82) is 0 Å². The number of para-hydroxylation sites is 1. The largest absolute Gasteiger partial charge is 0.310 e. The molecule has 121 heavy (non-hydrogen) atoms. The Bertz CT molecular complexity index is 7680. The SMILES string of the molecule is [2H]c1c([2H])c([2H])c2c(c1[2H])c1c([2H])c(-c3ccccc3)c([2H])c([2H])c1n2-c1ccc2c(c1)N(c1c(-c3cccc(-c4ccccc4)c3)cc(C(C)(C)C)cc1-c1cccc(-c3ccccc3)c1)c1cc(C(C)(C)C)cc3c1B2c1cc(-c2cc(-c4ccccc4)cc(-c4ccccc4)c2)cc(-c2ccc4c(c2)-c2ccccc2C42c4ccccc4-c4ccccc42)c1S3. The maximum Gasteiger partial charge on any atom is 0.249 e. The number of hydrogen-bond donors (Lipinski definition) is 0. The normalized spacial score (nSPS) is 14.0. The van der Waals surface area contributed by atoms with Crippen molar-refractivity contribution in [1.82, 2.24) is 4.57 Å². The van der Waals surface area contributed by atoms with E-state index in [1.54, 1.807) is 4.57 Å². The highest BCUT2D eigenvalue weighted by Gasteiger charge is 2.52. The molecule has 0 N–H and O–H groups in total. The molecular formula is C117H85BN2S. The first-order valence-corrected chi connectivity index (χ1v) is 42.8. The van der Waals surface area contributed by atoms with Gasteiger partial charge in [0.1, 0.15) is 0 Å². The Morgan fingerprint density at radius 1 is 0.298 bits per heavy atom. The van der Waals surface area contributed by atoms with Gasteiger partial charge in [-0.2, -0.15) is 0 Å². The number of benzene rings is 18. The van der Waals surface area contributed by atoms with E-state index in [0.717, 1.165) is 143 Å². The van der Waals surface area contributed by atoms with E-state index in [-0.39, 0.29) is 63.0 Å². The average molecular weight is 1570 g/mol. The zero-order valence-corrected chi connectivity index (χ0v) is 68.8. The van der Waals surface area contributed by atoms with Gasteiger partial charge in [-0.25, -0.2) is 0 Å². The third-order valence-electron chi connectivity index (χ3n) is 25.8. The Balaban J connectivity index is 0.870. The summed E-state index contributed by atoms with van der Waals surface area (Å²) >= 11 is 1.86. The van der Waals surface area contributed by atoms with Crippen LogP contribution in [0.3, 0.4) is 0 Å². The van der Waals surface area contributed by atoms with E-state index >= 15 is 0 Å². The van der Waals surface area contributed by atoms with E-state index in [1.807, 2.05) is 42.1 Å². The van der Waals surface area contributed by atoms with Crippen molar-refractivity contribution in [2.75, 3.05) is 4.90 Å². The number of hydrogen-bond acceptors (Lipinski definition) is 2. The molecule has 3 heterocycles. The van der Waals surface area contributed by atoms with Gasteiger partial charge in [0.05, 0.1) is 31.7 Å². The van der Waals surface area contributed by atoms with Crippen LogP contribution in [0.4, 0.5) is 17.1 Å². The summed E-state index contributed by atoms with van der Waals surface area (Å²) < 4.78 is 72.1. The minimum atomic E-state index is -0.573. The van der Waals surface area contributed by atoms with Crippen molar-refractivity contribution in [2.45, 2.75) is 67.6 Å². The fraction of sp³-hybridized carbons (Fsp3) is 0.0769. The predicted molar refractivity (Wildman–Crippen MR) is 513 cm³/mol. The Morgan fingerprint density at radius 2 is 0.727 bits per heavy atom. The summed E-state index contributed by atoms with van der Waals surface area (Å²) in [6.45, 7) is 13.3. The molecule has 0 unspecified atom stereocenters. The molecule has 0 saturated heterocycles. The molecule has 0 amide bonds. The van der Waals surface area contributed by atoms with Gasteiger partial charge in [-0.1, -0.05) is 368 Å². The van der Waals surface area contributed by atoms with Gasteiger partial charge < -0.3 is 9.47 Å². The zero-order chi connectivity index (χ0) is 87.1. The molecule has 1 spiro atoms. The molecule has 2 aliphatic carbocycles. The summed E-state index contributed by atoms with van der Waals surface area (Å²) in [6, 6.07) is 131. The molecule has 0 bridgehead atoms. The van der Waals surface area contributed by atoms with Crippen molar-refractivity contribution in [2.24, 2.45) is 0 Å². The molecule has 0 atom stereocenters. The Morgan fingerprint density at radius 3 is 1.28 bits per heavy atom. The van der Waals surface area contributed by atoms with Crippen molar-refractivity contribution >= 4 is 73.7 Å². The van der Waals surface area contributed by atoms with E-state index in [4.69, 9.17) is 0 Å². The lowest BCUT2D eigenvalue weighted by molar-refractivity contribution is 0.589. The van der Waals surface area contributed by atoms with Gasteiger partial charge in [0.2, 0.25) is 6.71 Å². The number of rotatable bonds is 11. The van der Waals surface area contributed by atoms with E-state index in [1.165, 1.54) is 44.5 Å². The third-order valence-corrected chi connectivity index (χ3v) is 27.0. The molecule has 0 radical (unpaired) electrons. The molecular weight excluding hydrogens is 1480 g/mol. The Hall–Kier alpha value is -14.0. The molecule has 4 heteroatoms. The van der Waals surface area contributed by atoms with Crippen molar-refractivity contribution in [3.63, 3.8) is 0 Å². The highest BCUT2D eigenvalue weighted by Crippen LogP contribution is 2.64. The first kappa shape index (κ1) is 65.0. The molecule has 0 fully saturated rings. The number of nitrogens with zero attached hydrogens (tertiary/aromatic N) is 2. The van der Waals surface area contributed by atoms with Crippen LogP contribution in [0.15, 0.2) is 416 Å². The Labute approximate surface area is 723 Å². The maximum absolute atomic E-state index is 10.5. The number of fused-ring (bicyclic) bond motifs is 17. The van der Waals surface area contributed by atoms with Crippen LogP contribution in [0, 0.1) is 0 Å². The predicted octanol–water partition coefficient (Wildman–Crippen LogP) is 29.5. The molecule has 1 aromatic heterocycles. The number of aromatic nitrogens is 1. The third kappa shape index (κ3) is 11.7. The van der Waals surface area contributed by atoms with Gasteiger partial charge in [0, 0.05) is 48.8 Å². The van der Waals surface area contributed by atoms with Crippen LogP contribution in [-0.4, -0.2) is 11.3 Å². The molecule has 23 rings (SSSR count). The van der Waals surface area contributed by atoms with Gasteiger partial charge in [-0.05, 0) is 263 Å². The standard InChI is InChI=1S/C117H85BN2S/c1-115(2,3)89-69-96(82-44-30-42-79(60-82)74-32-12-7-13-33-74)113(97(70-89)83-45-31-43-80(61-83)75-34-14-8-15-35-75)120-109-73-91(119-107-53-29-25-49-95(107)100-65-81(55-59-108(100)119)76-36-16-9-17-37-76)56-58-105(109)118-106-68-88(87-63-85(77-38-18-10-19-39-77)62-86(64-87)78-40-20-11-21-41-78)67-98(114(106)121-111-72-90(116(4,5)6)71-110(120)112(111)118)84-54-57-104-99(66-84)94-48-24-28-52-103(94)117(104)101-50-26-22-46-92(101)93-47-23-27-51-102(93)117/h7-73H,1-6H3/i25D,29D,49D,53D,55D,59D,65D. The second kappa shape index (κ2) is 28.1. The van der Waals surface area contributed by atoms with E-state index in [2.05, 4.69) is 380 Å². The average Bonchev–Trinajstić information content (AvgIpc) is 1.51. The van der Waals surface area contributed by atoms with Gasteiger partial charge in [-0.15, -0.1) is 0 Å². The summed E-state index contributed by atoms with van der Waals surface area (Å²) in [7, 11) is 0. The van der Waals surface area contributed by atoms with Gasteiger partial charge in [-0.3, -0.25) is 0 Å². The molecule has 19 aromatic rings. The van der Waals surface area contributed by atoms with Gasteiger partial charge in [0.15, 0.2) is 0 Å². The maximum atomic E-state index is 10.5. The van der Waals surface area contributed by atoms with Crippen molar-refractivity contribution < 1.29 is 9.60 Å². The van der Waals surface area contributed by atoms with E-state index < -0.39 is 29.6 Å². The van der Waals surface area contributed by atoms with E-state index in [9.17, 15) is 9.60 Å². The molecule has 4 aliphatic rings. The smallest absolute Gasteiger partial charge is 0.249 e. The summed E-state index contributed by atoms with van der Waals surface area (Å²) in [6.07, 6.45) is 0. The summed E-state index contributed by atoms with van der Waals surface area (Å²) in [4.78, 5) is 4.77. The molecule has 0 saturated carbocycles. The Kier molecular flexibility index (Phi) is 15.1. The fourth-order valence-corrected chi connectivity index (χ4v) is 21.3. The van der Waals surface area contributed by atoms with Crippen LogP contribution >= 0.6 is 11.8 Å². The second-order valence-corrected chi connectivity index (χ2v) is 35.9. The van der Waals surface area contributed by atoms with Gasteiger partial charge in [0.25, 0.3) is 0 Å². The molecule has 2 nitrogen and oxygen atoms in total. The second-order valence-electron chi connectivity index (χ2n) is 34.9. The fourth-order valence-electron chi connectivity index (χ4n) is 20.0. The highest BCUT2D eigenvalue weighted by atomic mass is 32.2. The minimum absolute atomic E-state index is 0.102. The van der Waals surface area contributed by atoms with Crippen LogP contribution in [0.1, 0.15) is 84.5 Å². The number of anilines is 3. The minimum Gasteiger partial charge on any atom is -0.310 e. The van der Waals surface area contributed by atoms with E-state index in [0.29, 0.717) is 11.3 Å². The molecule has 2 aliphatic heterocycles.